The first-order chi connectivity index (χ1) is 21.1. The Bertz CT molecular complexity index is 1460. The van der Waals surface area contributed by atoms with E-state index in [1.807, 2.05) is 78.9 Å². The van der Waals surface area contributed by atoms with E-state index in [0.29, 0.717) is 19.5 Å². The number of hydrogen-bond donors (Lipinski definition) is 3. The Morgan fingerprint density at radius 1 is 0.791 bits per heavy atom. The van der Waals surface area contributed by atoms with E-state index in [1.165, 1.54) is 11.1 Å². The van der Waals surface area contributed by atoms with Gasteiger partial charge >= 0.3 is 6.09 Å². The van der Waals surface area contributed by atoms with Crippen molar-refractivity contribution in [2.45, 2.75) is 45.0 Å². The number of nitrogens with zero attached hydrogens (tertiary/aromatic N) is 2. The standard InChI is InChI=1S/C35H39N5O3/c41-34(38-26-29-8-6-7-28(23-29)25-37-24-27-13-18-36-19-14-27)17-22-40-20-15-31(16-21-40)43-35(42)39-33-12-5-4-11-32(33)30-9-2-1-3-10-30/h1-14,18-19,23,31,37H,15-17,20-22,24-26H2,(H,38,41)(H,39,42). The van der Waals surface area contributed by atoms with Gasteiger partial charge in [0.15, 0.2) is 0 Å². The summed E-state index contributed by atoms with van der Waals surface area (Å²) in [7, 11) is 0. The number of piperidine rings is 1. The average molecular weight is 578 g/mol. The third-order valence-corrected chi connectivity index (χ3v) is 7.60. The zero-order chi connectivity index (χ0) is 29.7. The van der Waals surface area contributed by atoms with E-state index in [1.54, 1.807) is 12.4 Å². The third-order valence-electron chi connectivity index (χ3n) is 7.60. The minimum Gasteiger partial charge on any atom is -0.446 e. The molecule has 4 aromatic rings. The number of nitrogens with one attached hydrogen (secondary N) is 3. The predicted octanol–water partition coefficient (Wildman–Crippen LogP) is 5.76. The van der Waals surface area contributed by atoms with E-state index >= 15 is 0 Å². The first-order valence-corrected chi connectivity index (χ1v) is 14.9. The molecule has 5 rings (SSSR count). The Labute approximate surface area is 253 Å². The normalized spacial score (nSPS) is 13.8. The summed E-state index contributed by atoms with van der Waals surface area (Å²) in [5.41, 5.74) is 6.18. The molecule has 8 heteroatoms. The van der Waals surface area contributed by atoms with Gasteiger partial charge in [-0.3, -0.25) is 15.1 Å². The molecule has 0 radical (unpaired) electrons. The molecule has 1 saturated heterocycles. The third kappa shape index (κ3) is 9.49. The molecule has 43 heavy (non-hydrogen) atoms. The molecule has 1 aromatic heterocycles. The fourth-order valence-corrected chi connectivity index (χ4v) is 5.25. The molecule has 3 aromatic carbocycles. The number of amides is 2. The number of carbonyl (C=O) groups excluding carboxylic acids is 2. The van der Waals surface area contributed by atoms with Gasteiger partial charge in [0, 0.05) is 63.6 Å². The molecule has 0 atom stereocenters. The molecule has 1 aliphatic heterocycles. The highest BCUT2D eigenvalue weighted by Gasteiger charge is 2.23. The molecule has 0 saturated carbocycles. The molecule has 1 fully saturated rings. The van der Waals surface area contributed by atoms with E-state index in [9.17, 15) is 9.59 Å². The summed E-state index contributed by atoms with van der Waals surface area (Å²) in [5, 5.41) is 9.42. The van der Waals surface area contributed by atoms with Crippen molar-refractivity contribution in [3.63, 3.8) is 0 Å². The van der Waals surface area contributed by atoms with Crippen LogP contribution >= 0.6 is 0 Å². The van der Waals surface area contributed by atoms with Crippen LogP contribution in [0.1, 0.15) is 36.0 Å². The van der Waals surface area contributed by atoms with Crippen LogP contribution in [0.4, 0.5) is 10.5 Å². The monoisotopic (exact) mass is 577 g/mol. The lowest BCUT2D eigenvalue weighted by molar-refractivity contribution is -0.121. The lowest BCUT2D eigenvalue weighted by Crippen LogP contribution is -2.40. The summed E-state index contributed by atoms with van der Waals surface area (Å²) in [4.78, 5) is 31.5. The van der Waals surface area contributed by atoms with Crippen LogP contribution in [0.2, 0.25) is 0 Å². The van der Waals surface area contributed by atoms with Gasteiger partial charge in [-0.05, 0) is 53.3 Å². The number of likely N-dealkylation sites (tertiary alicyclic amines) is 1. The van der Waals surface area contributed by atoms with Crippen LogP contribution in [0.15, 0.2) is 103 Å². The Morgan fingerprint density at radius 3 is 2.28 bits per heavy atom. The Hall–Kier alpha value is -4.53. The van der Waals surface area contributed by atoms with Crippen molar-refractivity contribution in [2.75, 3.05) is 25.0 Å². The van der Waals surface area contributed by atoms with Gasteiger partial charge < -0.3 is 20.3 Å². The van der Waals surface area contributed by atoms with Gasteiger partial charge in [0.05, 0.1) is 5.69 Å². The first-order valence-electron chi connectivity index (χ1n) is 14.9. The van der Waals surface area contributed by atoms with Crippen molar-refractivity contribution in [1.82, 2.24) is 20.5 Å². The molecule has 0 bridgehead atoms. The van der Waals surface area contributed by atoms with Crippen molar-refractivity contribution in [3.8, 4) is 11.1 Å². The second-order valence-electron chi connectivity index (χ2n) is 10.8. The van der Waals surface area contributed by atoms with E-state index in [0.717, 1.165) is 61.4 Å². The minimum atomic E-state index is -0.435. The van der Waals surface area contributed by atoms with E-state index in [2.05, 4.69) is 38.0 Å². The number of para-hydroxylation sites is 1. The number of ether oxygens (including phenoxy) is 1. The number of hydrogen-bond acceptors (Lipinski definition) is 6. The molecule has 8 nitrogen and oxygen atoms in total. The number of pyridine rings is 1. The van der Waals surface area contributed by atoms with Gasteiger partial charge in [-0.15, -0.1) is 0 Å². The smallest absolute Gasteiger partial charge is 0.411 e. The highest BCUT2D eigenvalue weighted by Crippen LogP contribution is 2.28. The number of benzene rings is 3. The van der Waals surface area contributed by atoms with Crippen LogP contribution in [0.25, 0.3) is 11.1 Å². The fraction of sp³-hybridized carbons (Fsp3) is 0.286. The zero-order valence-electron chi connectivity index (χ0n) is 24.4. The summed E-state index contributed by atoms with van der Waals surface area (Å²) >= 11 is 0. The number of rotatable bonds is 12. The van der Waals surface area contributed by atoms with E-state index < -0.39 is 6.09 Å². The van der Waals surface area contributed by atoms with Crippen LogP contribution < -0.4 is 16.0 Å². The second kappa shape index (κ2) is 15.6. The van der Waals surface area contributed by atoms with Gasteiger partial charge in [-0.1, -0.05) is 72.8 Å². The highest BCUT2D eigenvalue weighted by molar-refractivity contribution is 5.91. The SMILES string of the molecule is O=C(CCN1CCC(OC(=O)Nc2ccccc2-c2ccccc2)CC1)NCc1cccc(CNCc2ccncc2)c1. The highest BCUT2D eigenvalue weighted by atomic mass is 16.6. The maximum absolute atomic E-state index is 12.7. The van der Waals surface area contributed by atoms with Crippen molar-refractivity contribution < 1.29 is 14.3 Å². The van der Waals surface area contributed by atoms with E-state index in [4.69, 9.17) is 4.74 Å². The van der Waals surface area contributed by atoms with Crippen LogP contribution in [-0.4, -0.2) is 47.6 Å². The van der Waals surface area contributed by atoms with Gasteiger partial charge in [0.25, 0.3) is 0 Å². The molecule has 0 spiro atoms. The fourth-order valence-electron chi connectivity index (χ4n) is 5.25. The quantitative estimate of drug-likeness (QED) is 0.198. The second-order valence-corrected chi connectivity index (χ2v) is 10.8. The molecule has 0 aliphatic carbocycles. The van der Waals surface area contributed by atoms with Gasteiger partial charge in [-0.25, -0.2) is 4.79 Å². The van der Waals surface area contributed by atoms with Crippen LogP contribution in [0.3, 0.4) is 0 Å². The largest absolute Gasteiger partial charge is 0.446 e. The lowest BCUT2D eigenvalue weighted by Gasteiger charge is -2.31. The van der Waals surface area contributed by atoms with Crippen molar-refractivity contribution in [1.29, 1.82) is 0 Å². The number of carbonyl (C=O) groups is 2. The molecular weight excluding hydrogens is 538 g/mol. The average Bonchev–Trinajstić information content (AvgIpc) is 3.05. The maximum atomic E-state index is 12.7. The molecule has 2 amide bonds. The van der Waals surface area contributed by atoms with Crippen molar-refractivity contribution >= 4 is 17.7 Å². The summed E-state index contributed by atoms with van der Waals surface area (Å²) in [6.07, 6.45) is 4.96. The van der Waals surface area contributed by atoms with Crippen molar-refractivity contribution in [3.05, 3.63) is 120 Å². The predicted molar refractivity (Wildman–Crippen MR) is 169 cm³/mol. The summed E-state index contributed by atoms with van der Waals surface area (Å²) in [5.74, 6) is 0.0380. The first kappa shape index (κ1) is 29.9. The Kier molecular flexibility index (Phi) is 10.9. The number of anilines is 1. The number of aromatic nitrogens is 1. The molecule has 1 aliphatic rings. The van der Waals surface area contributed by atoms with Gasteiger partial charge in [0.2, 0.25) is 5.91 Å². The molecule has 0 unspecified atom stereocenters. The van der Waals surface area contributed by atoms with E-state index in [-0.39, 0.29) is 12.0 Å². The van der Waals surface area contributed by atoms with Crippen LogP contribution in [-0.2, 0) is 29.2 Å². The van der Waals surface area contributed by atoms with Crippen LogP contribution in [0.5, 0.6) is 0 Å². The lowest BCUT2D eigenvalue weighted by atomic mass is 10.0. The topological polar surface area (TPSA) is 95.6 Å². The van der Waals surface area contributed by atoms with Crippen molar-refractivity contribution in [2.24, 2.45) is 0 Å². The maximum Gasteiger partial charge on any atom is 0.411 e. The molecule has 3 N–H and O–H groups in total. The minimum absolute atomic E-state index is 0.0380. The summed E-state index contributed by atoms with van der Waals surface area (Å²) < 4.78 is 5.74. The van der Waals surface area contributed by atoms with Crippen LogP contribution in [0, 0.1) is 0 Å². The zero-order valence-corrected chi connectivity index (χ0v) is 24.4. The Balaban J connectivity index is 0.979. The molecular formula is C35H39N5O3. The molecule has 222 valence electrons. The Morgan fingerprint density at radius 2 is 1.49 bits per heavy atom. The molecule has 2 heterocycles. The van der Waals surface area contributed by atoms with Gasteiger partial charge in [0.1, 0.15) is 6.10 Å². The summed E-state index contributed by atoms with van der Waals surface area (Å²) in [6.45, 7) is 4.32. The van der Waals surface area contributed by atoms with Gasteiger partial charge in [-0.2, -0.15) is 0 Å². The summed E-state index contributed by atoms with van der Waals surface area (Å²) in [6, 6.07) is 30.0.